The summed E-state index contributed by atoms with van der Waals surface area (Å²) in [6.07, 6.45) is 0.274. The number of imide groups is 1. The molecule has 11 heteroatoms. The Balaban J connectivity index is 1.54. The quantitative estimate of drug-likeness (QED) is 0.406. The van der Waals surface area contributed by atoms with Gasteiger partial charge in [0.1, 0.15) is 12.4 Å². The van der Waals surface area contributed by atoms with Crippen LogP contribution in [0, 0.1) is 5.82 Å². The maximum absolute atomic E-state index is 13.9. The van der Waals surface area contributed by atoms with Gasteiger partial charge in [-0.3, -0.25) is 24.6 Å². The summed E-state index contributed by atoms with van der Waals surface area (Å²) in [7, 11) is 0. The average molecular weight is 459 g/mol. The van der Waals surface area contributed by atoms with Crippen molar-refractivity contribution in [2.24, 2.45) is 0 Å². The number of rotatable bonds is 6. The minimum atomic E-state index is -0.515. The van der Waals surface area contributed by atoms with Gasteiger partial charge in [-0.15, -0.1) is 10.2 Å². The first-order chi connectivity index (χ1) is 12.4. The van der Waals surface area contributed by atoms with Crippen molar-refractivity contribution in [2.45, 2.75) is 22.9 Å². The normalized spacial score (nSPS) is 14.2. The highest BCUT2D eigenvalue weighted by molar-refractivity contribution is 9.10. The number of carbonyl (C=O) groups excluding carboxylic acids is 3. The number of likely N-dealkylation sites (tertiary alicyclic amines) is 1. The summed E-state index contributed by atoms with van der Waals surface area (Å²) in [5.74, 6) is -1.17. The standard InChI is InChI=1S/C15H12BrFN4O3S2/c16-9-3-1-2-8(13(9)17)7-25-15-20-19-14(26-15)18-10(22)6-21-11(23)4-5-12(21)24/h1-3H,4-7H2,(H,18,19,22). The lowest BCUT2D eigenvalue weighted by Crippen LogP contribution is -2.36. The Kier molecular flexibility index (Phi) is 5.99. The Morgan fingerprint density at radius 1 is 1.31 bits per heavy atom. The van der Waals surface area contributed by atoms with E-state index in [1.165, 1.54) is 11.8 Å². The molecule has 1 N–H and O–H groups in total. The number of carbonyl (C=O) groups is 3. The molecule has 2 aromatic rings. The van der Waals surface area contributed by atoms with E-state index in [0.29, 0.717) is 20.1 Å². The third kappa shape index (κ3) is 4.46. The molecule has 1 aliphatic heterocycles. The summed E-state index contributed by atoms with van der Waals surface area (Å²) in [4.78, 5) is 35.9. The third-order valence-corrected chi connectivity index (χ3v) is 6.13. The third-order valence-electron chi connectivity index (χ3n) is 3.49. The van der Waals surface area contributed by atoms with Crippen LogP contribution in [0.5, 0.6) is 0 Å². The molecule has 2 heterocycles. The molecule has 0 unspecified atom stereocenters. The number of thioether (sulfide) groups is 1. The number of nitrogens with one attached hydrogen (secondary N) is 1. The zero-order valence-corrected chi connectivity index (χ0v) is 16.4. The zero-order chi connectivity index (χ0) is 18.7. The fraction of sp³-hybridized carbons (Fsp3) is 0.267. The van der Waals surface area contributed by atoms with Crippen molar-refractivity contribution in [3.63, 3.8) is 0 Å². The van der Waals surface area contributed by atoms with Gasteiger partial charge in [0.15, 0.2) is 4.34 Å². The summed E-state index contributed by atoms with van der Waals surface area (Å²) in [6, 6.07) is 5.05. The molecule has 1 aromatic carbocycles. The van der Waals surface area contributed by atoms with Crippen LogP contribution in [-0.4, -0.2) is 39.4 Å². The Bertz CT molecular complexity index is 860. The second kappa shape index (κ2) is 8.23. The minimum absolute atomic E-state index is 0.137. The second-order valence-electron chi connectivity index (χ2n) is 5.30. The molecule has 0 atom stereocenters. The first-order valence-corrected chi connectivity index (χ1v) is 10.1. The topological polar surface area (TPSA) is 92.3 Å². The van der Waals surface area contributed by atoms with Crippen molar-refractivity contribution in [1.82, 2.24) is 15.1 Å². The summed E-state index contributed by atoms with van der Waals surface area (Å²) < 4.78 is 14.9. The van der Waals surface area contributed by atoms with Gasteiger partial charge in [0.25, 0.3) is 0 Å². The number of halogens is 2. The molecule has 3 rings (SSSR count). The molecule has 3 amide bonds. The Morgan fingerprint density at radius 3 is 2.77 bits per heavy atom. The van der Waals surface area contributed by atoms with Gasteiger partial charge in [-0.2, -0.15) is 0 Å². The van der Waals surface area contributed by atoms with E-state index in [1.54, 1.807) is 18.2 Å². The van der Waals surface area contributed by atoms with Crippen LogP contribution < -0.4 is 5.32 Å². The van der Waals surface area contributed by atoms with E-state index in [1.807, 2.05) is 0 Å². The zero-order valence-electron chi connectivity index (χ0n) is 13.2. The van der Waals surface area contributed by atoms with E-state index in [-0.39, 0.29) is 42.1 Å². The van der Waals surface area contributed by atoms with Crippen molar-refractivity contribution in [2.75, 3.05) is 11.9 Å². The Morgan fingerprint density at radius 2 is 2.04 bits per heavy atom. The largest absolute Gasteiger partial charge is 0.299 e. The van der Waals surface area contributed by atoms with Crippen molar-refractivity contribution < 1.29 is 18.8 Å². The van der Waals surface area contributed by atoms with Crippen molar-refractivity contribution in [3.05, 3.63) is 34.1 Å². The Hall–Kier alpha value is -1.85. The molecule has 0 radical (unpaired) electrons. The summed E-state index contributed by atoms with van der Waals surface area (Å²) >= 11 is 5.57. The summed E-state index contributed by atoms with van der Waals surface area (Å²) in [5, 5.41) is 10.5. The van der Waals surface area contributed by atoms with E-state index in [9.17, 15) is 18.8 Å². The molecule has 1 saturated heterocycles. The lowest BCUT2D eigenvalue weighted by molar-refractivity contribution is -0.141. The van der Waals surface area contributed by atoms with Crippen LogP contribution in [-0.2, 0) is 20.1 Å². The number of benzene rings is 1. The van der Waals surface area contributed by atoms with Gasteiger partial charge in [0, 0.05) is 18.6 Å². The average Bonchev–Trinajstić information content (AvgIpc) is 3.17. The number of aromatic nitrogens is 2. The predicted octanol–water partition coefficient (Wildman–Crippen LogP) is 2.82. The fourth-order valence-corrected chi connectivity index (χ4v) is 4.37. The molecule has 7 nitrogen and oxygen atoms in total. The van der Waals surface area contributed by atoms with Gasteiger partial charge in [-0.1, -0.05) is 35.2 Å². The molecular weight excluding hydrogens is 447 g/mol. The lowest BCUT2D eigenvalue weighted by Gasteiger charge is -2.11. The van der Waals surface area contributed by atoms with Gasteiger partial charge >= 0.3 is 0 Å². The van der Waals surface area contributed by atoms with Crippen molar-refractivity contribution in [3.8, 4) is 0 Å². The van der Waals surface area contributed by atoms with Crippen LogP contribution >= 0.6 is 39.0 Å². The van der Waals surface area contributed by atoms with Crippen LogP contribution in [0.2, 0.25) is 0 Å². The van der Waals surface area contributed by atoms with Gasteiger partial charge in [-0.25, -0.2) is 4.39 Å². The van der Waals surface area contributed by atoms with Gasteiger partial charge in [-0.05, 0) is 27.6 Å². The highest BCUT2D eigenvalue weighted by Crippen LogP contribution is 2.30. The number of nitrogens with zero attached hydrogens (tertiary/aromatic N) is 3. The molecule has 0 bridgehead atoms. The monoisotopic (exact) mass is 458 g/mol. The van der Waals surface area contributed by atoms with Gasteiger partial charge in [0.2, 0.25) is 22.9 Å². The minimum Gasteiger partial charge on any atom is -0.299 e. The van der Waals surface area contributed by atoms with Crippen molar-refractivity contribution in [1.29, 1.82) is 0 Å². The van der Waals surface area contributed by atoms with Crippen LogP contribution in [0.4, 0.5) is 9.52 Å². The SMILES string of the molecule is O=C(CN1C(=O)CCC1=O)Nc1nnc(SCc2cccc(Br)c2F)s1. The molecule has 0 saturated carbocycles. The van der Waals surface area contributed by atoms with E-state index in [2.05, 4.69) is 31.4 Å². The number of hydrogen-bond acceptors (Lipinski definition) is 7. The van der Waals surface area contributed by atoms with E-state index >= 15 is 0 Å². The molecule has 1 aromatic heterocycles. The predicted molar refractivity (Wildman–Crippen MR) is 98.2 cm³/mol. The maximum Gasteiger partial charge on any atom is 0.246 e. The summed E-state index contributed by atoms with van der Waals surface area (Å²) in [6.45, 7) is -0.330. The molecule has 136 valence electrons. The second-order valence-corrected chi connectivity index (χ2v) is 8.35. The lowest BCUT2D eigenvalue weighted by atomic mass is 10.2. The summed E-state index contributed by atoms with van der Waals surface area (Å²) in [5.41, 5.74) is 0.524. The highest BCUT2D eigenvalue weighted by atomic mass is 79.9. The van der Waals surface area contributed by atoms with Gasteiger partial charge < -0.3 is 0 Å². The van der Waals surface area contributed by atoms with Crippen LogP contribution in [0.25, 0.3) is 0 Å². The molecule has 1 aliphatic rings. The van der Waals surface area contributed by atoms with E-state index in [4.69, 9.17) is 0 Å². The molecular formula is C15H12BrFN4O3S2. The van der Waals surface area contributed by atoms with Gasteiger partial charge in [0.05, 0.1) is 4.47 Å². The number of anilines is 1. The van der Waals surface area contributed by atoms with E-state index in [0.717, 1.165) is 16.2 Å². The van der Waals surface area contributed by atoms with Crippen LogP contribution in [0.1, 0.15) is 18.4 Å². The first kappa shape index (κ1) is 18.9. The molecule has 0 spiro atoms. The van der Waals surface area contributed by atoms with Crippen molar-refractivity contribution >= 4 is 61.9 Å². The van der Waals surface area contributed by atoms with E-state index < -0.39 is 5.91 Å². The highest BCUT2D eigenvalue weighted by Gasteiger charge is 2.30. The maximum atomic E-state index is 13.9. The Labute approximate surface area is 164 Å². The molecule has 0 aliphatic carbocycles. The van der Waals surface area contributed by atoms with Crippen LogP contribution in [0.3, 0.4) is 0 Å². The van der Waals surface area contributed by atoms with Crippen LogP contribution in [0.15, 0.2) is 27.0 Å². The fourth-order valence-electron chi connectivity index (χ4n) is 2.22. The number of hydrogen-bond donors (Lipinski definition) is 1. The number of amides is 3. The smallest absolute Gasteiger partial charge is 0.246 e. The first-order valence-electron chi connectivity index (χ1n) is 7.46. The molecule has 26 heavy (non-hydrogen) atoms. The molecule has 1 fully saturated rings.